The van der Waals surface area contributed by atoms with Crippen LogP contribution in [0.25, 0.3) is 11.3 Å². The minimum atomic E-state index is -0.541. The number of carbonyl (C=O) groups is 1. The van der Waals surface area contributed by atoms with E-state index in [1.807, 2.05) is 0 Å². The molecular weight excluding hydrogens is 212 g/mol. The highest BCUT2D eigenvalue weighted by Crippen LogP contribution is 2.19. The number of nitrogens with zero attached hydrogens (tertiary/aromatic N) is 2. The van der Waals surface area contributed by atoms with Gasteiger partial charge in [-0.25, -0.2) is 9.89 Å². The number of aromatic nitrogens is 3. The third kappa shape index (κ3) is 1.42. The van der Waals surface area contributed by atoms with Gasteiger partial charge >= 0.3 is 5.97 Å². The van der Waals surface area contributed by atoms with E-state index in [1.165, 1.54) is 18.0 Å². The standard InChI is InChI=1S/C9H10N4O3/c1-10-13-3-5-7(11-12-8(5)14)6(4-13)9(15)16-2/h3-4,10H,1-2H3,(H,12,14). The second-order valence-electron chi connectivity index (χ2n) is 3.11. The number of ether oxygens (including phenoxy) is 1. The number of H-pyrrole nitrogens is 1. The SMILES string of the molecule is CNn1cc(C(=O)OC)c2n[nH]c(=O)c-2c1. The molecule has 7 heteroatoms. The van der Waals surface area contributed by atoms with E-state index in [-0.39, 0.29) is 11.1 Å². The molecule has 0 aromatic rings. The Bertz CT molecular complexity index is 557. The molecule has 0 aromatic heterocycles. The number of pyridine rings is 1. The van der Waals surface area contributed by atoms with Gasteiger partial charge in [-0.2, -0.15) is 5.10 Å². The maximum Gasteiger partial charge on any atom is 0.341 e. The second kappa shape index (κ2) is 3.69. The maximum atomic E-state index is 11.5. The van der Waals surface area contributed by atoms with E-state index < -0.39 is 5.97 Å². The maximum absolute atomic E-state index is 11.5. The molecule has 0 fully saturated rings. The molecule has 2 aliphatic rings. The largest absolute Gasteiger partial charge is 0.465 e. The Morgan fingerprint density at radius 2 is 2.31 bits per heavy atom. The highest BCUT2D eigenvalue weighted by molar-refractivity contribution is 5.95. The van der Waals surface area contributed by atoms with Crippen LogP contribution < -0.4 is 11.0 Å². The summed E-state index contributed by atoms with van der Waals surface area (Å²) < 4.78 is 6.11. The predicted octanol–water partition coefficient (Wildman–Crippen LogP) is -0.364. The Balaban J connectivity index is 2.72. The summed E-state index contributed by atoms with van der Waals surface area (Å²) in [5.74, 6) is -0.541. The first-order valence-electron chi connectivity index (χ1n) is 4.54. The average Bonchev–Trinajstić information content (AvgIpc) is 2.69. The van der Waals surface area contributed by atoms with Crippen molar-refractivity contribution in [3.05, 3.63) is 28.3 Å². The third-order valence-corrected chi connectivity index (χ3v) is 2.22. The van der Waals surface area contributed by atoms with Crippen LogP contribution in [0.1, 0.15) is 10.4 Å². The lowest BCUT2D eigenvalue weighted by Gasteiger charge is -2.10. The van der Waals surface area contributed by atoms with Crippen molar-refractivity contribution in [3.8, 4) is 11.3 Å². The molecule has 0 aliphatic carbocycles. The average molecular weight is 222 g/mol. The zero-order valence-corrected chi connectivity index (χ0v) is 8.77. The molecule has 0 atom stereocenters. The van der Waals surface area contributed by atoms with E-state index >= 15 is 0 Å². The molecule has 0 spiro atoms. The summed E-state index contributed by atoms with van der Waals surface area (Å²) in [5, 5.41) is 6.08. The minimum absolute atomic E-state index is 0.229. The van der Waals surface area contributed by atoms with Crippen molar-refractivity contribution >= 4 is 5.97 Å². The van der Waals surface area contributed by atoms with E-state index in [0.717, 1.165) is 0 Å². The molecule has 2 rings (SSSR count). The number of carbonyl (C=O) groups excluding carboxylic acids is 1. The quantitative estimate of drug-likeness (QED) is 0.677. The molecule has 0 unspecified atom stereocenters. The fourth-order valence-corrected chi connectivity index (χ4v) is 1.42. The normalized spacial score (nSPS) is 10.4. The van der Waals surface area contributed by atoms with Crippen molar-refractivity contribution in [1.29, 1.82) is 0 Å². The van der Waals surface area contributed by atoms with Crippen LogP contribution in [0, 0.1) is 0 Å². The van der Waals surface area contributed by atoms with E-state index in [0.29, 0.717) is 11.3 Å². The lowest BCUT2D eigenvalue weighted by atomic mass is 10.1. The van der Waals surface area contributed by atoms with E-state index in [4.69, 9.17) is 0 Å². The summed E-state index contributed by atoms with van der Waals surface area (Å²) in [6.07, 6.45) is 3.06. The Hall–Kier alpha value is -2.31. The van der Waals surface area contributed by atoms with Crippen molar-refractivity contribution in [2.75, 3.05) is 19.6 Å². The molecule has 84 valence electrons. The zero-order chi connectivity index (χ0) is 11.7. The smallest absolute Gasteiger partial charge is 0.341 e. The van der Waals surface area contributed by atoms with Gasteiger partial charge < -0.3 is 10.2 Å². The molecule has 2 heterocycles. The number of fused-ring (bicyclic) bond motifs is 1. The summed E-state index contributed by atoms with van der Waals surface area (Å²) in [5.41, 5.74) is 3.31. The molecule has 0 saturated carbocycles. The summed E-state index contributed by atoms with van der Waals surface area (Å²) in [6.45, 7) is 0. The van der Waals surface area contributed by atoms with Crippen molar-refractivity contribution < 1.29 is 9.53 Å². The Kier molecular flexibility index (Phi) is 2.35. The summed E-state index contributed by atoms with van der Waals surface area (Å²) in [4.78, 5) is 22.9. The Morgan fingerprint density at radius 3 is 2.94 bits per heavy atom. The van der Waals surface area contributed by atoms with Crippen LogP contribution in [0.2, 0.25) is 0 Å². The summed E-state index contributed by atoms with van der Waals surface area (Å²) >= 11 is 0. The van der Waals surface area contributed by atoms with Crippen molar-refractivity contribution in [3.63, 3.8) is 0 Å². The molecule has 0 amide bonds. The van der Waals surface area contributed by atoms with Gasteiger partial charge in [0.05, 0.1) is 12.7 Å². The van der Waals surface area contributed by atoms with Crippen molar-refractivity contribution in [1.82, 2.24) is 14.9 Å². The van der Waals surface area contributed by atoms with Gasteiger partial charge in [-0.1, -0.05) is 0 Å². The first kappa shape index (κ1) is 10.2. The Labute approximate surface area is 90.3 Å². The molecule has 2 N–H and O–H groups in total. The molecule has 16 heavy (non-hydrogen) atoms. The predicted molar refractivity (Wildman–Crippen MR) is 56.1 cm³/mol. The molecule has 0 bridgehead atoms. The number of aromatic amines is 1. The van der Waals surface area contributed by atoms with Crippen LogP contribution in [0.3, 0.4) is 0 Å². The van der Waals surface area contributed by atoms with E-state index in [9.17, 15) is 9.59 Å². The van der Waals surface area contributed by atoms with Gasteiger partial charge in [0, 0.05) is 19.4 Å². The van der Waals surface area contributed by atoms with Gasteiger partial charge in [0.25, 0.3) is 5.56 Å². The van der Waals surface area contributed by atoms with Gasteiger partial charge in [0.2, 0.25) is 0 Å². The lowest BCUT2D eigenvalue weighted by Crippen LogP contribution is -2.16. The first-order valence-corrected chi connectivity index (χ1v) is 4.54. The van der Waals surface area contributed by atoms with Gasteiger partial charge in [-0.15, -0.1) is 0 Å². The number of hydrogen-bond donors (Lipinski definition) is 2. The van der Waals surface area contributed by atoms with Crippen molar-refractivity contribution in [2.45, 2.75) is 0 Å². The zero-order valence-electron chi connectivity index (χ0n) is 8.77. The van der Waals surface area contributed by atoms with Crippen LogP contribution in [-0.4, -0.2) is 35.0 Å². The van der Waals surface area contributed by atoms with Crippen LogP contribution in [0.5, 0.6) is 0 Å². The minimum Gasteiger partial charge on any atom is -0.465 e. The van der Waals surface area contributed by atoms with Gasteiger partial charge in [-0.3, -0.25) is 9.47 Å². The molecule has 0 radical (unpaired) electrons. The van der Waals surface area contributed by atoms with Crippen LogP contribution in [0.15, 0.2) is 17.2 Å². The van der Waals surface area contributed by atoms with Gasteiger partial charge in [-0.05, 0) is 0 Å². The van der Waals surface area contributed by atoms with Crippen LogP contribution in [-0.2, 0) is 4.74 Å². The van der Waals surface area contributed by atoms with Crippen LogP contribution >= 0.6 is 0 Å². The number of methoxy groups -OCH3 is 1. The van der Waals surface area contributed by atoms with Gasteiger partial charge in [0.15, 0.2) is 0 Å². The molecule has 7 nitrogen and oxygen atoms in total. The Morgan fingerprint density at radius 1 is 1.56 bits per heavy atom. The second-order valence-corrected chi connectivity index (χ2v) is 3.11. The molecule has 0 saturated heterocycles. The first-order chi connectivity index (χ1) is 7.67. The highest BCUT2D eigenvalue weighted by Gasteiger charge is 2.21. The third-order valence-electron chi connectivity index (χ3n) is 2.22. The topological polar surface area (TPSA) is 89.0 Å². The molecule has 0 aromatic carbocycles. The number of rotatable bonds is 2. The van der Waals surface area contributed by atoms with Gasteiger partial charge in [0.1, 0.15) is 11.3 Å². The van der Waals surface area contributed by atoms with E-state index in [2.05, 4.69) is 20.4 Å². The fourth-order valence-electron chi connectivity index (χ4n) is 1.42. The van der Waals surface area contributed by atoms with Crippen molar-refractivity contribution in [2.24, 2.45) is 0 Å². The fraction of sp³-hybridized carbons (Fsp3) is 0.222. The number of hydrogen-bond acceptors (Lipinski definition) is 5. The van der Waals surface area contributed by atoms with E-state index in [1.54, 1.807) is 13.2 Å². The van der Waals surface area contributed by atoms with Crippen LogP contribution in [0.4, 0.5) is 0 Å². The highest BCUT2D eigenvalue weighted by atomic mass is 16.5. The summed E-state index contributed by atoms with van der Waals surface area (Å²) in [6, 6.07) is 0. The molecular formula is C9H10N4O3. The lowest BCUT2D eigenvalue weighted by molar-refractivity contribution is 0.0600. The summed E-state index contributed by atoms with van der Waals surface area (Å²) in [7, 11) is 2.94. The number of esters is 1. The monoisotopic (exact) mass is 222 g/mol. The number of nitrogens with one attached hydrogen (secondary N) is 2. The molecule has 2 aliphatic heterocycles.